The van der Waals surface area contributed by atoms with E-state index in [0.29, 0.717) is 6.04 Å². The lowest BCUT2D eigenvalue weighted by molar-refractivity contribution is 0.344. The predicted octanol–water partition coefficient (Wildman–Crippen LogP) is 2.25. The van der Waals surface area contributed by atoms with Crippen LogP contribution in [0.1, 0.15) is 27.7 Å². The Kier molecular flexibility index (Phi) is 3.36. The molecule has 9 heavy (non-hydrogen) atoms. The molecule has 0 N–H and O–H groups in total. The Labute approximate surface area is 58.4 Å². The second-order valence-corrected chi connectivity index (χ2v) is 2.63. The van der Waals surface area contributed by atoms with Gasteiger partial charge in [-0.25, -0.2) is 0 Å². The maximum absolute atomic E-state index is 2.25. The molecule has 0 saturated carbocycles. The normalized spacial score (nSPS) is 12.4. The molecule has 0 rings (SSSR count). The van der Waals surface area contributed by atoms with E-state index in [1.54, 1.807) is 0 Å². The van der Waals surface area contributed by atoms with E-state index >= 15 is 0 Å². The number of allylic oxidation sites excluding steroid dienone is 2. The summed E-state index contributed by atoms with van der Waals surface area (Å²) < 4.78 is 0. The van der Waals surface area contributed by atoms with Crippen LogP contribution in [0.4, 0.5) is 0 Å². The minimum absolute atomic E-state index is 0.612. The average molecular weight is 127 g/mol. The van der Waals surface area contributed by atoms with Crippen LogP contribution in [0.15, 0.2) is 11.8 Å². The number of hydrogen-bond donors (Lipinski definition) is 0. The van der Waals surface area contributed by atoms with Gasteiger partial charge >= 0.3 is 0 Å². The lowest BCUT2D eigenvalue weighted by Crippen LogP contribution is -2.23. The van der Waals surface area contributed by atoms with Gasteiger partial charge in [-0.05, 0) is 27.7 Å². The van der Waals surface area contributed by atoms with Crippen molar-refractivity contribution in [2.24, 2.45) is 0 Å². The molecule has 1 heteroatoms. The number of hydrogen-bond acceptors (Lipinski definition) is 1. The molecular weight excluding hydrogens is 110 g/mol. The summed E-state index contributed by atoms with van der Waals surface area (Å²) in [6.45, 7) is 8.56. The van der Waals surface area contributed by atoms with Crippen LogP contribution >= 0.6 is 0 Å². The monoisotopic (exact) mass is 127 g/mol. The first kappa shape index (κ1) is 8.54. The zero-order valence-corrected chi connectivity index (χ0v) is 7.10. The van der Waals surface area contributed by atoms with E-state index in [9.17, 15) is 0 Å². The van der Waals surface area contributed by atoms with Crippen LogP contribution in [0.2, 0.25) is 0 Å². The summed E-state index contributed by atoms with van der Waals surface area (Å²) in [6.07, 6.45) is 2.12. The van der Waals surface area contributed by atoms with Gasteiger partial charge in [-0.1, -0.05) is 6.08 Å². The van der Waals surface area contributed by atoms with E-state index in [4.69, 9.17) is 0 Å². The molecule has 0 amide bonds. The minimum atomic E-state index is 0.612. The molecule has 0 fully saturated rings. The topological polar surface area (TPSA) is 3.24 Å². The van der Waals surface area contributed by atoms with Crippen molar-refractivity contribution in [3.63, 3.8) is 0 Å². The summed E-state index contributed by atoms with van der Waals surface area (Å²) >= 11 is 0. The quantitative estimate of drug-likeness (QED) is 0.550. The van der Waals surface area contributed by atoms with Gasteiger partial charge in [0, 0.05) is 18.8 Å². The fourth-order valence-electron chi connectivity index (χ4n) is 0.611. The summed E-state index contributed by atoms with van der Waals surface area (Å²) in [4.78, 5) is 2.25. The first-order valence-corrected chi connectivity index (χ1v) is 3.45. The molecule has 0 atom stereocenters. The first-order valence-electron chi connectivity index (χ1n) is 3.45. The Morgan fingerprint density at radius 3 is 2.00 bits per heavy atom. The number of rotatable bonds is 2. The Bertz CT molecular complexity index is 103. The summed E-state index contributed by atoms with van der Waals surface area (Å²) in [5.74, 6) is 0. The van der Waals surface area contributed by atoms with Crippen LogP contribution in [0.3, 0.4) is 0 Å². The largest absolute Gasteiger partial charge is 0.376 e. The molecule has 0 aliphatic heterocycles. The zero-order chi connectivity index (χ0) is 7.44. The van der Waals surface area contributed by atoms with Gasteiger partial charge in [0.1, 0.15) is 0 Å². The second kappa shape index (κ2) is 3.54. The fourth-order valence-corrected chi connectivity index (χ4v) is 0.611. The molecular formula is C8H17N. The third-order valence-corrected chi connectivity index (χ3v) is 1.75. The molecule has 0 spiro atoms. The van der Waals surface area contributed by atoms with Crippen LogP contribution in [0, 0.1) is 0 Å². The fraction of sp³-hybridized carbons (Fsp3) is 0.750. The van der Waals surface area contributed by atoms with Crippen molar-refractivity contribution in [1.29, 1.82) is 0 Å². The van der Waals surface area contributed by atoms with Crippen molar-refractivity contribution in [2.45, 2.75) is 33.7 Å². The highest BCUT2D eigenvalue weighted by Crippen LogP contribution is 2.03. The van der Waals surface area contributed by atoms with Crippen LogP contribution in [0.5, 0.6) is 0 Å². The molecule has 0 saturated heterocycles. The molecule has 0 heterocycles. The van der Waals surface area contributed by atoms with E-state index in [1.807, 2.05) is 0 Å². The predicted molar refractivity (Wildman–Crippen MR) is 42.3 cm³/mol. The molecule has 0 radical (unpaired) electrons. The van der Waals surface area contributed by atoms with Crippen molar-refractivity contribution in [3.05, 3.63) is 11.8 Å². The molecule has 0 unspecified atom stereocenters. The van der Waals surface area contributed by atoms with Crippen LogP contribution in [-0.4, -0.2) is 18.0 Å². The maximum Gasteiger partial charge on any atom is 0.0226 e. The SMILES string of the molecule is C/C=C(\C)N(C)C(C)C. The van der Waals surface area contributed by atoms with Gasteiger partial charge < -0.3 is 4.90 Å². The zero-order valence-electron chi connectivity index (χ0n) is 7.10. The van der Waals surface area contributed by atoms with Gasteiger partial charge in [0.25, 0.3) is 0 Å². The lowest BCUT2D eigenvalue weighted by atomic mass is 10.3. The van der Waals surface area contributed by atoms with Gasteiger partial charge in [-0.3, -0.25) is 0 Å². The van der Waals surface area contributed by atoms with Crippen LogP contribution < -0.4 is 0 Å². The van der Waals surface area contributed by atoms with Gasteiger partial charge in [-0.15, -0.1) is 0 Å². The van der Waals surface area contributed by atoms with Gasteiger partial charge in [-0.2, -0.15) is 0 Å². The van der Waals surface area contributed by atoms with Crippen LogP contribution in [0.25, 0.3) is 0 Å². The third-order valence-electron chi connectivity index (χ3n) is 1.75. The first-order chi connectivity index (χ1) is 4.09. The highest BCUT2D eigenvalue weighted by Gasteiger charge is 2.00. The van der Waals surface area contributed by atoms with Gasteiger partial charge in [0.15, 0.2) is 0 Å². The molecule has 0 aromatic carbocycles. The summed E-state index contributed by atoms with van der Waals surface area (Å²) in [5, 5.41) is 0. The van der Waals surface area contributed by atoms with Crippen molar-refractivity contribution >= 4 is 0 Å². The molecule has 0 aromatic heterocycles. The Hall–Kier alpha value is -0.460. The molecule has 1 nitrogen and oxygen atoms in total. The smallest absolute Gasteiger partial charge is 0.0226 e. The maximum atomic E-state index is 2.25. The highest BCUT2D eigenvalue weighted by molar-refractivity contribution is 4.94. The molecule has 0 aromatic rings. The number of nitrogens with zero attached hydrogens (tertiary/aromatic N) is 1. The second-order valence-electron chi connectivity index (χ2n) is 2.63. The van der Waals surface area contributed by atoms with Crippen molar-refractivity contribution in [1.82, 2.24) is 4.90 Å². The van der Waals surface area contributed by atoms with Gasteiger partial charge in [0.05, 0.1) is 0 Å². The van der Waals surface area contributed by atoms with Crippen molar-refractivity contribution in [3.8, 4) is 0 Å². The van der Waals surface area contributed by atoms with E-state index in [0.717, 1.165) is 0 Å². The van der Waals surface area contributed by atoms with Crippen molar-refractivity contribution < 1.29 is 0 Å². The third kappa shape index (κ3) is 2.54. The molecule has 0 aliphatic carbocycles. The molecule has 0 bridgehead atoms. The lowest BCUT2D eigenvalue weighted by Gasteiger charge is -2.23. The minimum Gasteiger partial charge on any atom is -0.376 e. The standard InChI is InChI=1S/C8H17N/c1-6-8(4)9(5)7(2)3/h6-7H,1-5H3/b8-6+. The van der Waals surface area contributed by atoms with Crippen LogP contribution in [-0.2, 0) is 0 Å². The molecule has 0 aliphatic rings. The average Bonchev–Trinajstić information content (AvgIpc) is 1.84. The van der Waals surface area contributed by atoms with E-state index in [2.05, 4.69) is 45.7 Å². The van der Waals surface area contributed by atoms with Gasteiger partial charge in [0.2, 0.25) is 0 Å². The summed E-state index contributed by atoms with van der Waals surface area (Å²) in [5.41, 5.74) is 1.34. The van der Waals surface area contributed by atoms with E-state index < -0.39 is 0 Å². The molecule has 54 valence electrons. The van der Waals surface area contributed by atoms with E-state index in [-0.39, 0.29) is 0 Å². The Balaban J connectivity index is 3.88. The van der Waals surface area contributed by atoms with Crippen molar-refractivity contribution in [2.75, 3.05) is 7.05 Å². The highest BCUT2D eigenvalue weighted by atomic mass is 15.1. The Morgan fingerprint density at radius 1 is 1.44 bits per heavy atom. The summed E-state index contributed by atoms with van der Waals surface area (Å²) in [7, 11) is 2.11. The summed E-state index contributed by atoms with van der Waals surface area (Å²) in [6, 6.07) is 0.612. The Morgan fingerprint density at radius 2 is 1.89 bits per heavy atom. The van der Waals surface area contributed by atoms with E-state index in [1.165, 1.54) is 5.70 Å².